The van der Waals surface area contributed by atoms with Crippen LogP contribution in [0.5, 0.6) is 46.0 Å². The van der Waals surface area contributed by atoms with E-state index in [-0.39, 0.29) is 50.7 Å². The minimum Gasteiger partial charge on any atom is -0.508 e. The highest BCUT2D eigenvalue weighted by Crippen LogP contribution is 2.43. The number of carbonyl (C=O) groups excluding carboxylic acids is 2. The number of aliphatic hydroxyl groups is 9. The van der Waals surface area contributed by atoms with Crippen LogP contribution < -0.4 is 9.47 Å². The molecule has 3 saturated heterocycles. The lowest BCUT2D eigenvalue weighted by Gasteiger charge is -2.45. The molecule has 0 spiro atoms. The summed E-state index contributed by atoms with van der Waals surface area (Å²) in [4.78, 5) is 25.6. The van der Waals surface area contributed by atoms with E-state index >= 15 is 0 Å². The zero-order valence-corrected chi connectivity index (χ0v) is 39.8. The molecule has 0 amide bonds. The van der Waals surface area contributed by atoms with Crippen molar-refractivity contribution in [3.05, 3.63) is 102 Å². The Morgan fingerprint density at radius 3 is 1.57 bits per heavy atom. The molecule has 4 heterocycles. The van der Waals surface area contributed by atoms with Gasteiger partial charge in [0, 0.05) is 24.3 Å². The number of esters is 2. The van der Waals surface area contributed by atoms with E-state index in [1.165, 1.54) is 66.7 Å². The summed E-state index contributed by atoms with van der Waals surface area (Å²) in [5.74, 6) is -5.35. The molecule has 15 N–H and O–H groups in total. The summed E-state index contributed by atoms with van der Waals surface area (Å²) in [6.45, 7) is -2.40. The number of phenols is 6. The second kappa shape index (κ2) is 23.9. The van der Waals surface area contributed by atoms with Gasteiger partial charge < -0.3 is 114 Å². The van der Waals surface area contributed by atoms with Crippen LogP contribution in [-0.4, -0.2) is 200 Å². The van der Waals surface area contributed by atoms with E-state index in [1.807, 2.05) is 0 Å². The fraction of sp³-hybridized carbons (Fsp3) is 0.353. The van der Waals surface area contributed by atoms with Gasteiger partial charge in [0.15, 0.2) is 35.4 Å². The number of hydrogen-bond donors (Lipinski definition) is 15. The zero-order chi connectivity index (χ0) is 55.4. The van der Waals surface area contributed by atoms with Gasteiger partial charge >= 0.3 is 23.3 Å². The van der Waals surface area contributed by atoms with Gasteiger partial charge in [0.1, 0.15) is 103 Å². The Kier molecular flexibility index (Phi) is 17.3. The Morgan fingerprint density at radius 2 is 1.01 bits per heavy atom. The van der Waals surface area contributed by atoms with E-state index in [9.17, 15) is 86.2 Å². The number of hydrogen-bond acceptors (Lipinski definition) is 25. The number of aromatic hydroxyl groups is 6. The van der Waals surface area contributed by atoms with Crippen molar-refractivity contribution in [1.82, 2.24) is 0 Å². The molecule has 3 aliphatic heterocycles. The number of rotatable bonds is 16. The van der Waals surface area contributed by atoms with Gasteiger partial charge in [-0.25, -0.2) is 14.0 Å². The summed E-state index contributed by atoms with van der Waals surface area (Å²) in [7, 11) is 0. The first-order valence-electron chi connectivity index (χ1n) is 23.4. The van der Waals surface area contributed by atoms with Crippen LogP contribution in [0.2, 0.25) is 0 Å². The summed E-state index contributed by atoms with van der Waals surface area (Å²) >= 11 is 0. The van der Waals surface area contributed by atoms with Gasteiger partial charge in [0.05, 0.1) is 18.2 Å². The van der Waals surface area contributed by atoms with Crippen molar-refractivity contribution in [3.8, 4) is 57.3 Å². The van der Waals surface area contributed by atoms with E-state index in [0.717, 1.165) is 36.4 Å². The molecule has 26 nitrogen and oxygen atoms in total. The monoisotopic (exact) mass is 1080 g/mol. The van der Waals surface area contributed by atoms with Crippen molar-refractivity contribution in [1.29, 1.82) is 0 Å². The van der Waals surface area contributed by atoms with Crippen molar-refractivity contribution >= 4 is 35.1 Å². The summed E-state index contributed by atoms with van der Waals surface area (Å²) in [6, 6.07) is 16.1. The first kappa shape index (κ1) is 55.8. The summed E-state index contributed by atoms with van der Waals surface area (Å²) in [5, 5.41) is 158. The maximum Gasteiger partial charge on any atom is 0.402 e. The van der Waals surface area contributed by atoms with Crippen LogP contribution in [0, 0.1) is 0 Å². The molecule has 3 fully saturated rings. The average molecular weight is 1080 g/mol. The molecule has 26 heteroatoms. The molecular formula is C51H53O26+. The van der Waals surface area contributed by atoms with E-state index < -0.39 is 153 Å². The third-order valence-corrected chi connectivity index (χ3v) is 12.5. The molecular weight excluding hydrogens is 1030 g/mol. The normalized spacial score (nSPS) is 29.6. The molecule has 0 bridgehead atoms. The molecule has 3 aliphatic rings. The molecule has 0 aliphatic carbocycles. The van der Waals surface area contributed by atoms with Crippen LogP contribution in [-0.2, 0) is 38.0 Å². The summed E-state index contributed by atoms with van der Waals surface area (Å²) in [5.41, 5.74) is 0.570. The highest BCUT2D eigenvalue weighted by Gasteiger charge is 2.53. The number of phenolic OH excluding ortho intramolecular Hbond substituents is 6. The molecule has 4 aromatic carbocycles. The van der Waals surface area contributed by atoms with Gasteiger partial charge in [-0.05, 0) is 71.8 Å². The average Bonchev–Trinajstić information content (AvgIpc) is 3.42. The predicted molar refractivity (Wildman–Crippen MR) is 256 cm³/mol. The van der Waals surface area contributed by atoms with Gasteiger partial charge in [-0.3, -0.25) is 0 Å². The largest absolute Gasteiger partial charge is 0.508 e. The Bertz CT molecular complexity index is 2950. The molecule has 6 unspecified atom stereocenters. The Morgan fingerprint density at radius 1 is 0.506 bits per heavy atom. The van der Waals surface area contributed by atoms with Crippen LogP contribution >= 0.6 is 0 Å². The molecule has 5 aromatic rings. The molecule has 8 rings (SSSR count). The SMILES string of the molecule is O=C(/C=C/c1ccc(O)c(O)c1)OCC1O[C@@H](OC2[C@H](Oc3cc4c(O[C@@H]5OC(CO)[C@@H](O)[C@H](O)C5O)cc(O)cc4[o+]c3-c3ccc(O)cc3)OC(COC(=O)/C=C/c3ccc(O)c(O)c3)[C@@H](O)[C@@H]2O)C(O)[C@@H](O)[C@@H]1O. The van der Waals surface area contributed by atoms with Gasteiger partial charge in [0.25, 0.3) is 0 Å². The van der Waals surface area contributed by atoms with Crippen LogP contribution in [0.25, 0.3) is 34.4 Å². The van der Waals surface area contributed by atoms with Crippen LogP contribution in [0.4, 0.5) is 0 Å². The van der Waals surface area contributed by atoms with E-state index in [2.05, 4.69) is 0 Å². The lowest BCUT2D eigenvalue weighted by molar-refractivity contribution is -0.358. The number of aliphatic hydroxyl groups excluding tert-OH is 9. The molecule has 1 aromatic heterocycles. The van der Waals surface area contributed by atoms with E-state index in [4.69, 9.17) is 42.3 Å². The van der Waals surface area contributed by atoms with E-state index in [1.54, 1.807) is 0 Å². The minimum absolute atomic E-state index is 0.0815. The smallest absolute Gasteiger partial charge is 0.402 e. The standard InChI is InChI=1S/C51H52O26/c52-18-34-39(61)42(64)45(67)49(74-34)72-32-16-25(54)15-31-26(32)17-33(47(71-31)23-5-7-24(53)8-6-23)73-51-48(44(66)41(63)36(76-51)20-70-38(60)12-4-22-2-10-28(56)30(58)14-22)77-50-46(68)43(65)40(62)35(75-50)19-69-37(59)11-3-21-1-9-27(55)29(57)13-21/h1-17,34-36,39-46,48-52,61-68H,18-20H2,(H5-,53,54,55,56,57,58,59,60)/p+1/t34?,35?,36?,39-,40-,41-,42+,43+,44+,45?,46?,48?,49-,50+,51-/m1/s1. The number of benzene rings is 4. The summed E-state index contributed by atoms with van der Waals surface area (Å²) in [6.07, 6.45) is -24.2. The Balaban J connectivity index is 1.12. The third-order valence-electron chi connectivity index (χ3n) is 12.5. The molecule has 0 saturated carbocycles. The maximum absolute atomic E-state index is 12.9. The topological polar surface area (TPSA) is 423 Å². The quantitative estimate of drug-likeness (QED) is 0.0252. The van der Waals surface area contributed by atoms with Gasteiger partial charge in [-0.15, -0.1) is 0 Å². The highest BCUT2D eigenvalue weighted by molar-refractivity contribution is 5.89. The van der Waals surface area contributed by atoms with E-state index in [0.29, 0.717) is 0 Å². The van der Waals surface area contributed by atoms with Crippen molar-refractivity contribution in [2.45, 2.75) is 92.1 Å². The lowest BCUT2D eigenvalue weighted by Crippen LogP contribution is -2.65. The fourth-order valence-electron chi connectivity index (χ4n) is 8.23. The van der Waals surface area contributed by atoms with Gasteiger partial charge in [0.2, 0.25) is 18.3 Å². The zero-order valence-electron chi connectivity index (χ0n) is 39.8. The van der Waals surface area contributed by atoms with Gasteiger partial charge in [-0.1, -0.05) is 12.1 Å². The first-order valence-corrected chi connectivity index (χ1v) is 23.4. The van der Waals surface area contributed by atoms with Crippen molar-refractivity contribution < 1.29 is 128 Å². The maximum atomic E-state index is 12.9. The van der Waals surface area contributed by atoms with Crippen molar-refractivity contribution in [2.24, 2.45) is 0 Å². The summed E-state index contributed by atoms with van der Waals surface area (Å²) < 4.78 is 52.6. The number of carbonyl (C=O) groups is 2. The second-order valence-electron chi connectivity index (χ2n) is 17.8. The molecule has 77 heavy (non-hydrogen) atoms. The first-order chi connectivity index (χ1) is 36.7. The fourth-order valence-corrected chi connectivity index (χ4v) is 8.23. The second-order valence-corrected chi connectivity index (χ2v) is 17.8. The molecule has 412 valence electrons. The highest BCUT2D eigenvalue weighted by atomic mass is 16.8. The Hall–Kier alpha value is -7.41. The third kappa shape index (κ3) is 12.7. The number of fused-ring (bicyclic) bond motifs is 1. The molecule has 15 atom stereocenters. The van der Waals surface area contributed by atoms with Crippen molar-refractivity contribution in [2.75, 3.05) is 19.8 Å². The number of ether oxygens (including phenoxy) is 8. The lowest BCUT2D eigenvalue weighted by atomic mass is 9.97. The minimum atomic E-state index is -2.15. The van der Waals surface area contributed by atoms with Crippen LogP contribution in [0.3, 0.4) is 0 Å². The van der Waals surface area contributed by atoms with Gasteiger partial charge in [-0.2, -0.15) is 0 Å². The van der Waals surface area contributed by atoms with Crippen molar-refractivity contribution in [3.63, 3.8) is 0 Å². The Labute approximate surface area is 434 Å². The van der Waals surface area contributed by atoms with Crippen LogP contribution in [0.15, 0.2) is 95.4 Å². The van der Waals surface area contributed by atoms with Crippen LogP contribution in [0.1, 0.15) is 11.1 Å². The predicted octanol–water partition coefficient (Wildman–Crippen LogP) is -0.675. The molecule has 0 radical (unpaired) electrons.